The number of rotatable bonds is 5. The molecule has 4 rings (SSSR count). The molecule has 1 aliphatic heterocycles. The van der Waals surface area contributed by atoms with Crippen molar-refractivity contribution in [3.8, 4) is 22.3 Å². The molecule has 0 bridgehead atoms. The molecular weight excluding hydrogens is 458 g/mol. The number of likely N-dealkylation sites (tertiary alicyclic amines) is 1. The molecule has 1 amide bonds. The highest BCUT2D eigenvalue weighted by atomic mass is 79.9. The first kappa shape index (κ1) is 25.9. The van der Waals surface area contributed by atoms with Crippen molar-refractivity contribution in [2.75, 3.05) is 18.9 Å². The maximum Gasteiger partial charge on any atom is 0.222 e. The number of hydrogen-bond donors (Lipinski definition) is 0. The predicted octanol–water partition coefficient (Wildman–Crippen LogP) is 8.22. The summed E-state index contributed by atoms with van der Waals surface area (Å²) in [5.41, 5.74) is 5.09. The summed E-state index contributed by atoms with van der Waals surface area (Å²) in [6.45, 7) is 3.17. The summed E-state index contributed by atoms with van der Waals surface area (Å²) in [7, 11) is 1.86. The number of unbranched alkanes of at least 4 members (excludes halogenated alkanes) is 2. The zero-order valence-electron chi connectivity index (χ0n) is 19.5. The molecule has 3 aromatic rings. The summed E-state index contributed by atoms with van der Waals surface area (Å²) in [5, 5.41) is 1.17. The number of halogens is 1. The number of carbonyl (C=O) groups is 1. The predicted molar refractivity (Wildman–Crippen MR) is 142 cm³/mol. The fraction of sp³-hybridized carbons (Fsp3) is 0.345. The van der Waals surface area contributed by atoms with Gasteiger partial charge in [-0.1, -0.05) is 121 Å². The van der Waals surface area contributed by atoms with Crippen molar-refractivity contribution in [2.45, 2.75) is 45.4 Å². The van der Waals surface area contributed by atoms with Crippen molar-refractivity contribution >= 4 is 21.8 Å². The van der Waals surface area contributed by atoms with Crippen LogP contribution in [0.25, 0.3) is 22.3 Å². The molecule has 170 valence electrons. The SMILES string of the molecule is CCCCCBr.CN1CCCCC1=O.c1ccc(-c2ccccc2-c2ccccc2)cc1. The minimum atomic E-state index is 0.302. The van der Waals surface area contributed by atoms with E-state index in [1.807, 2.05) is 7.05 Å². The Hall–Kier alpha value is -2.39. The van der Waals surface area contributed by atoms with E-state index in [4.69, 9.17) is 0 Å². The van der Waals surface area contributed by atoms with Gasteiger partial charge in [0.1, 0.15) is 0 Å². The summed E-state index contributed by atoms with van der Waals surface area (Å²) >= 11 is 3.35. The van der Waals surface area contributed by atoms with E-state index in [9.17, 15) is 4.79 Å². The van der Waals surface area contributed by atoms with E-state index in [0.717, 1.165) is 19.4 Å². The van der Waals surface area contributed by atoms with Crippen LogP contribution in [0.2, 0.25) is 0 Å². The zero-order chi connectivity index (χ0) is 23.0. The first-order chi connectivity index (χ1) is 15.7. The number of carbonyl (C=O) groups excluding carboxylic acids is 1. The van der Waals surface area contributed by atoms with Crippen molar-refractivity contribution in [3.63, 3.8) is 0 Å². The molecule has 1 fully saturated rings. The van der Waals surface area contributed by atoms with Crippen LogP contribution in [0, 0.1) is 0 Å². The van der Waals surface area contributed by atoms with Crippen molar-refractivity contribution in [1.82, 2.24) is 4.90 Å². The summed E-state index contributed by atoms with van der Waals surface area (Å²) in [4.78, 5) is 12.5. The van der Waals surface area contributed by atoms with Crippen LogP contribution in [-0.4, -0.2) is 29.7 Å². The third-order valence-electron chi connectivity index (χ3n) is 5.39. The third-order valence-corrected chi connectivity index (χ3v) is 5.95. The number of hydrogen-bond acceptors (Lipinski definition) is 1. The van der Waals surface area contributed by atoms with Gasteiger partial charge in [-0.25, -0.2) is 0 Å². The highest BCUT2D eigenvalue weighted by molar-refractivity contribution is 9.09. The van der Waals surface area contributed by atoms with Gasteiger partial charge in [-0.05, 0) is 41.5 Å². The Labute approximate surface area is 202 Å². The molecule has 0 unspecified atom stereocenters. The molecule has 32 heavy (non-hydrogen) atoms. The highest BCUT2D eigenvalue weighted by Gasteiger charge is 2.12. The highest BCUT2D eigenvalue weighted by Crippen LogP contribution is 2.31. The van der Waals surface area contributed by atoms with Crippen LogP contribution < -0.4 is 0 Å². The molecule has 0 spiro atoms. The minimum absolute atomic E-state index is 0.302. The molecule has 0 saturated carbocycles. The van der Waals surface area contributed by atoms with E-state index in [2.05, 4.69) is 108 Å². The Morgan fingerprint density at radius 3 is 1.59 bits per heavy atom. The number of alkyl halides is 1. The second kappa shape index (κ2) is 15.4. The molecule has 0 aromatic heterocycles. The van der Waals surface area contributed by atoms with Gasteiger partial charge in [0.25, 0.3) is 0 Å². The fourth-order valence-electron chi connectivity index (χ4n) is 3.51. The van der Waals surface area contributed by atoms with Crippen molar-refractivity contribution < 1.29 is 4.79 Å². The lowest BCUT2D eigenvalue weighted by Crippen LogP contribution is -2.31. The van der Waals surface area contributed by atoms with Gasteiger partial charge >= 0.3 is 0 Å². The van der Waals surface area contributed by atoms with E-state index in [-0.39, 0.29) is 0 Å². The first-order valence-corrected chi connectivity index (χ1v) is 12.8. The van der Waals surface area contributed by atoms with Crippen molar-refractivity contribution in [3.05, 3.63) is 84.9 Å². The normalized spacial score (nSPS) is 12.8. The molecular formula is C29H36BrNO. The van der Waals surface area contributed by atoms with Crippen LogP contribution in [-0.2, 0) is 4.79 Å². The number of benzene rings is 3. The van der Waals surface area contributed by atoms with Gasteiger partial charge in [0.15, 0.2) is 0 Å². The fourth-order valence-corrected chi connectivity index (χ4v) is 3.90. The Bertz CT molecular complexity index is 833. The molecule has 1 heterocycles. The van der Waals surface area contributed by atoms with Crippen LogP contribution in [0.15, 0.2) is 84.9 Å². The lowest BCUT2D eigenvalue weighted by Gasteiger charge is -2.21. The molecule has 1 aliphatic rings. The second-order valence-electron chi connectivity index (χ2n) is 7.95. The summed E-state index contributed by atoms with van der Waals surface area (Å²) in [6, 6.07) is 29.6. The van der Waals surface area contributed by atoms with E-state index < -0.39 is 0 Å². The van der Waals surface area contributed by atoms with E-state index in [0.29, 0.717) is 5.91 Å². The summed E-state index contributed by atoms with van der Waals surface area (Å²) < 4.78 is 0. The quantitative estimate of drug-likeness (QED) is 0.258. The van der Waals surface area contributed by atoms with Crippen LogP contribution >= 0.6 is 15.9 Å². The number of amides is 1. The topological polar surface area (TPSA) is 20.3 Å². The molecule has 0 atom stereocenters. The average Bonchev–Trinajstić information content (AvgIpc) is 2.86. The Balaban J connectivity index is 0.000000215. The van der Waals surface area contributed by atoms with Gasteiger partial charge in [-0.15, -0.1) is 0 Å². The van der Waals surface area contributed by atoms with Gasteiger partial charge in [-0.3, -0.25) is 4.79 Å². The van der Waals surface area contributed by atoms with Gasteiger partial charge in [0.05, 0.1) is 0 Å². The largest absolute Gasteiger partial charge is 0.346 e. The average molecular weight is 495 g/mol. The monoisotopic (exact) mass is 493 g/mol. The Kier molecular flexibility index (Phi) is 12.5. The lowest BCUT2D eigenvalue weighted by molar-refractivity contribution is -0.131. The van der Waals surface area contributed by atoms with Crippen LogP contribution in [0.1, 0.15) is 45.4 Å². The van der Waals surface area contributed by atoms with E-state index in [1.165, 1.54) is 53.3 Å². The summed E-state index contributed by atoms with van der Waals surface area (Å²) in [6.07, 6.45) is 7.05. The van der Waals surface area contributed by atoms with Gasteiger partial charge in [0.2, 0.25) is 5.91 Å². The van der Waals surface area contributed by atoms with Crippen molar-refractivity contribution in [1.29, 1.82) is 0 Å². The molecule has 3 heteroatoms. The van der Waals surface area contributed by atoms with E-state index in [1.54, 1.807) is 4.90 Å². The van der Waals surface area contributed by atoms with E-state index >= 15 is 0 Å². The minimum Gasteiger partial charge on any atom is -0.346 e. The maximum atomic E-state index is 10.7. The van der Waals surface area contributed by atoms with Gasteiger partial charge in [0, 0.05) is 25.3 Å². The third kappa shape index (κ3) is 9.00. The number of nitrogens with zero attached hydrogens (tertiary/aromatic N) is 1. The molecule has 1 saturated heterocycles. The number of piperidine rings is 1. The first-order valence-electron chi connectivity index (χ1n) is 11.7. The van der Waals surface area contributed by atoms with Gasteiger partial charge < -0.3 is 4.90 Å². The van der Waals surface area contributed by atoms with Crippen LogP contribution in [0.4, 0.5) is 0 Å². The summed E-state index contributed by atoms with van der Waals surface area (Å²) in [5.74, 6) is 0.302. The van der Waals surface area contributed by atoms with Gasteiger partial charge in [-0.2, -0.15) is 0 Å². The molecule has 0 radical (unpaired) electrons. The molecule has 0 N–H and O–H groups in total. The smallest absolute Gasteiger partial charge is 0.222 e. The Morgan fingerprint density at radius 1 is 0.750 bits per heavy atom. The van der Waals surface area contributed by atoms with Crippen LogP contribution in [0.3, 0.4) is 0 Å². The molecule has 3 aromatic carbocycles. The molecule has 0 aliphatic carbocycles. The van der Waals surface area contributed by atoms with Crippen LogP contribution in [0.5, 0.6) is 0 Å². The van der Waals surface area contributed by atoms with Crippen molar-refractivity contribution in [2.24, 2.45) is 0 Å². The Morgan fingerprint density at radius 2 is 1.25 bits per heavy atom. The lowest BCUT2D eigenvalue weighted by atomic mass is 9.95. The molecule has 2 nitrogen and oxygen atoms in total. The maximum absolute atomic E-state index is 10.7. The zero-order valence-corrected chi connectivity index (χ0v) is 21.1. The standard InChI is InChI=1S/C18H14.C6H11NO.C5H11Br/c1-3-9-15(10-4-1)17-13-7-8-14-18(17)16-11-5-2-6-12-16;1-7-5-3-2-4-6(7)8;1-2-3-4-5-6/h1-14H;2-5H2,1H3;2-5H2,1H3. The second-order valence-corrected chi connectivity index (χ2v) is 8.74.